The van der Waals surface area contributed by atoms with Gasteiger partial charge in [-0.05, 0) is 30.2 Å². The third-order valence-electron chi connectivity index (χ3n) is 4.26. The fourth-order valence-corrected chi connectivity index (χ4v) is 3.79. The molecule has 2 aromatic rings. The van der Waals surface area contributed by atoms with Crippen LogP contribution < -0.4 is 20.9 Å². The van der Waals surface area contributed by atoms with E-state index in [0.717, 1.165) is 23.3 Å². The molecule has 0 amide bonds. The van der Waals surface area contributed by atoms with Gasteiger partial charge in [-0.3, -0.25) is 0 Å². The highest BCUT2D eigenvalue weighted by molar-refractivity contribution is 7.89. The number of nitrogens with one attached hydrogen (secondary N) is 1. The molecule has 1 atom stereocenters. The Morgan fingerprint density at radius 3 is 2.81 bits per heavy atom. The average molecular weight is 374 g/mol. The maximum absolute atomic E-state index is 11.5. The lowest BCUT2D eigenvalue weighted by atomic mass is 10.0. The van der Waals surface area contributed by atoms with Crippen LogP contribution in [0.1, 0.15) is 29.2 Å². The minimum Gasteiger partial charge on any atom is -0.493 e. The van der Waals surface area contributed by atoms with E-state index in [-0.39, 0.29) is 10.9 Å². The summed E-state index contributed by atoms with van der Waals surface area (Å²) in [6, 6.07) is 12.8. The Morgan fingerprint density at radius 1 is 1.31 bits per heavy atom. The number of nitrogens with zero attached hydrogens (tertiary/aromatic N) is 1. The van der Waals surface area contributed by atoms with Gasteiger partial charge in [-0.15, -0.1) is 0 Å². The quantitative estimate of drug-likeness (QED) is 0.554. The number of benzene rings is 2. The number of nitrogens with two attached hydrogens (primary N) is 2. The van der Waals surface area contributed by atoms with Gasteiger partial charge >= 0.3 is 0 Å². The van der Waals surface area contributed by atoms with Crippen molar-refractivity contribution < 1.29 is 13.2 Å². The van der Waals surface area contributed by atoms with E-state index in [9.17, 15) is 8.42 Å². The Kier molecular flexibility index (Phi) is 5.15. The number of ether oxygens (including phenoxy) is 1. The zero-order chi connectivity index (χ0) is 18.7. The lowest BCUT2D eigenvalue weighted by Gasteiger charge is -2.26. The van der Waals surface area contributed by atoms with E-state index in [1.807, 2.05) is 24.3 Å². The Morgan fingerprint density at radius 2 is 2.08 bits per heavy atom. The normalized spacial score (nSPS) is 17.3. The molecule has 26 heavy (non-hydrogen) atoms. The number of aryl methyl sites for hydroxylation is 1. The summed E-state index contributed by atoms with van der Waals surface area (Å²) in [5, 5.41) is 8.40. The minimum atomic E-state index is -3.71. The van der Waals surface area contributed by atoms with Gasteiger partial charge in [-0.1, -0.05) is 30.3 Å². The number of primary sulfonamides is 1. The SMILES string of the molecule is Cc1cc(CN=C(N)NC2CCOc3ccccc32)ccc1S(N)(=O)=O. The van der Waals surface area contributed by atoms with E-state index in [2.05, 4.69) is 10.3 Å². The summed E-state index contributed by atoms with van der Waals surface area (Å²) in [5.74, 6) is 1.19. The molecule has 1 heterocycles. The van der Waals surface area contributed by atoms with Crippen molar-refractivity contribution in [3.05, 3.63) is 59.2 Å². The van der Waals surface area contributed by atoms with E-state index in [1.165, 1.54) is 6.07 Å². The van der Waals surface area contributed by atoms with Crippen LogP contribution >= 0.6 is 0 Å². The molecule has 2 aromatic carbocycles. The second-order valence-corrected chi connectivity index (χ2v) is 7.75. The Hall–Kier alpha value is -2.58. The van der Waals surface area contributed by atoms with Crippen molar-refractivity contribution in [1.82, 2.24) is 5.32 Å². The van der Waals surface area contributed by atoms with Gasteiger partial charge in [-0.2, -0.15) is 0 Å². The third-order valence-corrected chi connectivity index (χ3v) is 5.33. The predicted molar refractivity (Wildman–Crippen MR) is 100 cm³/mol. The molecular weight excluding hydrogens is 352 g/mol. The molecule has 0 fully saturated rings. The van der Waals surface area contributed by atoms with Crippen molar-refractivity contribution in [1.29, 1.82) is 0 Å². The molecule has 3 rings (SSSR count). The summed E-state index contributed by atoms with van der Waals surface area (Å²) < 4.78 is 28.6. The van der Waals surface area contributed by atoms with Gasteiger partial charge in [0.05, 0.1) is 24.1 Å². The molecule has 8 heteroatoms. The van der Waals surface area contributed by atoms with Crippen LogP contribution in [0, 0.1) is 6.92 Å². The number of hydrogen-bond acceptors (Lipinski definition) is 4. The molecular formula is C18H22N4O3S. The first-order valence-electron chi connectivity index (χ1n) is 8.25. The minimum absolute atomic E-state index is 0.0511. The summed E-state index contributed by atoms with van der Waals surface area (Å²) >= 11 is 0. The maximum atomic E-state index is 11.5. The molecule has 7 nitrogen and oxygen atoms in total. The second-order valence-electron chi connectivity index (χ2n) is 6.22. The summed E-state index contributed by atoms with van der Waals surface area (Å²) in [7, 11) is -3.71. The molecule has 0 saturated carbocycles. The molecule has 0 radical (unpaired) electrons. The summed E-state index contributed by atoms with van der Waals surface area (Å²) in [6.07, 6.45) is 0.801. The van der Waals surface area contributed by atoms with Crippen LogP contribution in [-0.2, 0) is 16.6 Å². The van der Waals surface area contributed by atoms with Crippen molar-refractivity contribution in [2.75, 3.05) is 6.61 Å². The molecule has 1 aliphatic rings. The highest BCUT2D eigenvalue weighted by atomic mass is 32.2. The topological polar surface area (TPSA) is 120 Å². The van der Waals surface area contributed by atoms with Crippen molar-refractivity contribution >= 4 is 16.0 Å². The average Bonchev–Trinajstić information content (AvgIpc) is 2.59. The zero-order valence-corrected chi connectivity index (χ0v) is 15.3. The standard InChI is InChI=1S/C18H22N4O3S/c1-12-10-13(6-7-17(12)26(20,23)24)11-21-18(19)22-15-8-9-25-16-5-3-2-4-14(15)16/h2-7,10,15H,8-9,11H2,1H3,(H3,19,21,22)(H2,20,23,24). The van der Waals surface area contributed by atoms with Crippen molar-refractivity contribution in [3.63, 3.8) is 0 Å². The van der Waals surface area contributed by atoms with Gasteiger partial charge in [-0.25, -0.2) is 18.5 Å². The predicted octanol–water partition coefficient (Wildman–Crippen LogP) is 1.57. The van der Waals surface area contributed by atoms with E-state index in [1.54, 1.807) is 19.1 Å². The zero-order valence-electron chi connectivity index (χ0n) is 14.5. The summed E-state index contributed by atoms with van der Waals surface area (Å²) in [4.78, 5) is 4.48. The van der Waals surface area contributed by atoms with Gasteiger partial charge in [0.2, 0.25) is 10.0 Å². The van der Waals surface area contributed by atoms with Crippen LogP contribution in [0.15, 0.2) is 52.4 Å². The van der Waals surface area contributed by atoms with Crippen LogP contribution in [0.5, 0.6) is 5.75 Å². The number of aliphatic imine (C=N–C) groups is 1. The molecule has 0 aliphatic carbocycles. The second kappa shape index (κ2) is 7.35. The Bertz CT molecular complexity index is 941. The van der Waals surface area contributed by atoms with Crippen LogP contribution in [0.25, 0.3) is 0 Å². The third kappa shape index (κ3) is 4.14. The van der Waals surface area contributed by atoms with Gasteiger partial charge in [0.1, 0.15) is 5.75 Å². The van der Waals surface area contributed by atoms with E-state index in [0.29, 0.717) is 24.7 Å². The fourth-order valence-electron chi connectivity index (χ4n) is 3.02. The van der Waals surface area contributed by atoms with Crippen molar-refractivity contribution in [2.24, 2.45) is 15.9 Å². The van der Waals surface area contributed by atoms with Crippen molar-refractivity contribution in [3.8, 4) is 5.75 Å². The first kappa shape index (κ1) is 18.2. The number of rotatable bonds is 4. The Labute approximate surface area is 153 Å². The lowest BCUT2D eigenvalue weighted by molar-refractivity contribution is 0.262. The summed E-state index contributed by atoms with van der Waals surface area (Å²) in [5.41, 5.74) is 8.53. The van der Waals surface area contributed by atoms with Crippen LogP contribution in [0.2, 0.25) is 0 Å². The largest absolute Gasteiger partial charge is 0.493 e. The Balaban J connectivity index is 1.69. The molecule has 5 N–H and O–H groups in total. The smallest absolute Gasteiger partial charge is 0.238 e. The van der Waals surface area contributed by atoms with Gasteiger partial charge < -0.3 is 15.8 Å². The highest BCUT2D eigenvalue weighted by Gasteiger charge is 2.21. The summed E-state index contributed by atoms with van der Waals surface area (Å²) in [6.45, 7) is 2.67. The van der Waals surface area contributed by atoms with E-state index < -0.39 is 10.0 Å². The van der Waals surface area contributed by atoms with Gasteiger partial charge in [0.25, 0.3) is 0 Å². The maximum Gasteiger partial charge on any atom is 0.238 e. The number of para-hydroxylation sites is 1. The number of sulfonamides is 1. The fraction of sp³-hybridized carbons (Fsp3) is 0.278. The number of fused-ring (bicyclic) bond motifs is 1. The molecule has 0 spiro atoms. The molecule has 1 aliphatic heterocycles. The van der Waals surface area contributed by atoms with Crippen molar-refractivity contribution in [2.45, 2.75) is 30.8 Å². The van der Waals surface area contributed by atoms with Crippen LogP contribution in [-0.4, -0.2) is 21.0 Å². The first-order valence-corrected chi connectivity index (χ1v) is 9.80. The van der Waals surface area contributed by atoms with E-state index >= 15 is 0 Å². The molecule has 0 saturated heterocycles. The molecule has 138 valence electrons. The molecule has 0 aromatic heterocycles. The number of guanidine groups is 1. The number of hydrogen-bond donors (Lipinski definition) is 3. The molecule has 1 unspecified atom stereocenters. The van der Waals surface area contributed by atoms with E-state index in [4.69, 9.17) is 15.6 Å². The molecule has 0 bridgehead atoms. The van der Waals surface area contributed by atoms with Crippen LogP contribution in [0.4, 0.5) is 0 Å². The lowest BCUT2D eigenvalue weighted by Crippen LogP contribution is -2.37. The highest BCUT2D eigenvalue weighted by Crippen LogP contribution is 2.31. The van der Waals surface area contributed by atoms with Gasteiger partial charge in [0, 0.05) is 12.0 Å². The first-order chi connectivity index (χ1) is 12.3. The monoisotopic (exact) mass is 374 g/mol. The van der Waals surface area contributed by atoms with Gasteiger partial charge in [0.15, 0.2) is 5.96 Å². The van der Waals surface area contributed by atoms with Crippen LogP contribution in [0.3, 0.4) is 0 Å².